The average Bonchev–Trinajstić information content (AvgIpc) is 3.07. The summed E-state index contributed by atoms with van der Waals surface area (Å²) in [6.07, 6.45) is 0. The number of nitrogens with two attached hydrogens (primary N) is 2. The molecule has 33 heavy (non-hydrogen) atoms. The van der Waals surface area contributed by atoms with Crippen molar-refractivity contribution in [2.24, 2.45) is 22.0 Å². The van der Waals surface area contributed by atoms with E-state index in [-0.39, 0.29) is 32.7 Å². The Labute approximate surface area is 193 Å². The highest BCUT2D eigenvalue weighted by atomic mass is 35.5. The van der Waals surface area contributed by atoms with Gasteiger partial charge in [-0.1, -0.05) is 17.7 Å². The molecule has 0 saturated heterocycles. The number of rotatable bonds is 6. The van der Waals surface area contributed by atoms with Crippen LogP contribution >= 0.6 is 11.6 Å². The molecule has 0 radical (unpaired) electrons. The third kappa shape index (κ3) is 4.85. The largest absolute Gasteiger partial charge is 0.454 e. The quantitative estimate of drug-likeness (QED) is 0.319. The summed E-state index contributed by atoms with van der Waals surface area (Å²) < 4.78 is 55.9. The number of hydrazone groups is 1. The van der Waals surface area contributed by atoms with Crippen molar-refractivity contribution < 1.29 is 35.0 Å². The van der Waals surface area contributed by atoms with Crippen molar-refractivity contribution in [3.8, 4) is 0 Å². The lowest BCUT2D eigenvalue weighted by Crippen LogP contribution is -2.28. The second-order valence-electron chi connectivity index (χ2n) is 6.52. The monoisotopic (exact) mass is 515 g/mol. The van der Waals surface area contributed by atoms with Crippen LogP contribution in [0.1, 0.15) is 12.5 Å². The maximum atomic E-state index is 12.9. The minimum absolute atomic E-state index is 0.0841. The summed E-state index contributed by atoms with van der Waals surface area (Å²) in [6.45, 7) is 3.02. The molecule has 0 saturated carbocycles. The molecule has 1 aliphatic heterocycles. The number of hydrogen-bond donors (Lipinski definition) is 2. The van der Waals surface area contributed by atoms with Gasteiger partial charge in [0, 0.05) is 5.02 Å². The molecule has 1 aliphatic rings. The number of anilines is 1. The van der Waals surface area contributed by atoms with Crippen LogP contribution in [0.15, 0.2) is 56.4 Å². The predicted molar refractivity (Wildman–Crippen MR) is 115 cm³/mol. The highest BCUT2D eigenvalue weighted by Crippen LogP contribution is 2.31. The average molecular weight is 516 g/mol. The second-order valence-corrected chi connectivity index (χ2v) is 10.0. The number of hydrogen-bond acceptors (Lipinski definition) is 11. The summed E-state index contributed by atoms with van der Waals surface area (Å²) in [5.74, 6) is 8.89. The van der Waals surface area contributed by atoms with Crippen LogP contribution in [0, 0.1) is 6.92 Å². The first-order chi connectivity index (χ1) is 15.4. The fourth-order valence-electron chi connectivity index (χ4n) is 2.69. The van der Waals surface area contributed by atoms with E-state index in [4.69, 9.17) is 23.4 Å². The summed E-state index contributed by atoms with van der Waals surface area (Å²) in [6, 6.07) is 7.54. The van der Waals surface area contributed by atoms with Gasteiger partial charge < -0.3 is 0 Å². The van der Waals surface area contributed by atoms with Crippen molar-refractivity contribution in [2.75, 3.05) is 5.01 Å². The Morgan fingerprint density at radius 1 is 1.06 bits per heavy atom. The minimum atomic E-state index is -4.36. The molecule has 0 aromatic heterocycles. The molecular weight excluding hydrogens is 500 g/mol. The van der Waals surface area contributed by atoms with Crippen LogP contribution in [-0.2, 0) is 33.6 Å². The normalized spacial score (nSPS) is 14.3. The SMILES string of the molecule is CC1=NN(c2cccc(S(=O)(=O)ON)c2)C(=O)C1=[N+]=Nc1cc(Cl)c(C)cc1S(=O)(=O)ON. The van der Waals surface area contributed by atoms with Crippen LogP contribution in [0.2, 0.25) is 5.02 Å². The third-order valence-electron chi connectivity index (χ3n) is 4.36. The number of benzene rings is 2. The zero-order valence-electron chi connectivity index (χ0n) is 17.0. The van der Waals surface area contributed by atoms with E-state index in [1.807, 2.05) is 0 Å². The van der Waals surface area contributed by atoms with Gasteiger partial charge in [-0.05, 0) is 49.7 Å². The first-order valence-corrected chi connectivity index (χ1v) is 12.0. The highest BCUT2D eigenvalue weighted by molar-refractivity contribution is 7.87. The Morgan fingerprint density at radius 2 is 1.73 bits per heavy atom. The number of carbonyl (C=O) groups is 1. The van der Waals surface area contributed by atoms with Gasteiger partial charge in [0.25, 0.3) is 0 Å². The van der Waals surface area contributed by atoms with E-state index in [1.54, 1.807) is 6.92 Å². The maximum Gasteiger partial charge on any atom is 0.454 e. The Balaban J connectivity index is 2.07. The highest BCUT2D eigenvalue weighted by Gasteiger charge is 2.40. The van der Waals surface area contributed by atoms with E-state index in [9.17, 15) is 21.6 Å². The lowest BCUT2D eigenvalue weighted by molar-refractivity contribution is -0.120. The molecule has 1 amide bonds. The van der Waals surface area contributed by atoms with Gasteiger partial charge in [0.15, 0.2) is 11.4 Å². The molecule has 0 fully saturated rings. The lowest BCUT2D eigenvalue weighted by Gasteiger charge is -2.10. The molecule has 4 N–H and O–H groups in total. The minimum Gasteiger partial charge on any atom is -0.258 e. The molecular formula is C17H16ClN6O7S2+. The van der Waals surface area contributed by atoms with E-state index in [0.717, 1.165) is 11.1 Å². The molecule has 1 heterocycles. The molecule has 0 atom stereocenters. The molecule has 16 heteroatoms. The third-order valence-corrected chi connectivity index (χ3v) is 6.97. The Morgan fingerprint density at radius 3 is 2.36 bits per heavy atom. The van der Waals surface area contributed by atoms with Crippen LogP contribution in [0.3, 0.4) is 0 Å². The number of carbonyl (C=O) groups excluding carboxylic acids is 1. The fraction of sp³-hybridized carbons (Fsp3) is 0.118. The van der Waals surface area contributed by atoms with Gasteiger partial charge in [-0.3, -0.25) is 4.79 Å². The van der Waals surface area contributed by atoms with Gasteiger partial charge >= 0.3 is 31.9 Å². The number of halogens is 1. The van der Waals surface area contributed by atoms with Crippen LogP contribution in [0.5, 0.6) is 0 Å². The van der Waals surface area contributed by atoms with Crippen molar-refractivity contribution in [2.45, 2.75) is 23.6 Å². The van der Waals surface area contributed by atoms with Gasteiger partial charge in [-0.25, -0.2) is 0 Å². The van der Waals surface area contributed by atoms with Gasteiger partial charge in [0.1, 0.15) is 10.0 Å². The predicted octanol–water partition coefficient (Wildman–Crippen LogP) is 0.962. The molecule has 13 nitrogen and oxygen atoms in total. The first-order valence-electron chi connectivity index (χ1n) is 8.77. The number of aryl methyl sites for hydroxylation is 1. The van der Waals surface area contributed by atoms with Crippen molar-refractivity contribution in [3.63, 3.8) is 0 Å². The molecule has 0 unspecified atom stereocenters. The van der Waals surface area contributed by atoms with Crippen molar-refractivity contribution >= 4 is 60.5 Å². The number of amides is 1. The van der Waals surface area contributed by atoms with Crippen LogP contribution in [0.4, 0.5) is 11.4 Å². The molecule has 2 aromatic rings. The van der Waals surface area contributed by atoms with Crippen molar-refractivity contribution in [1.82, 2.24) is 0 Å². The standard InChI is InChI=1S/C17H16ClN6O7S2/c1-9-6-15(33(28,29)31-20)14(8-13(9)18)21-22-16-10(2)23-24(17(16)25)11-4-3-5-12(7-11)32(26,27)30-19/h3-8H,19-20H2,1-2H3/q+1. The Bertz CT molecular complexity index is 1460. The second kappa shape index (κ2) is 9.09. The van der Waals surface area contributed by atoms with Crippen molar-refractivity contribution in [1.29, 1.82) is 0 Å². The first kappa shape index (κ1) is 24.6. The van der Waals surface area contributed by atoms with E-state index in [2.05, 4.69) is 23.6 Å². The van der Waals surface area contributed by atoms with Gasteiger partial charge in [-0.15, -0.1) is 0 Å². The lowest BCUT2D eigenvalue weighted by atomic mass is 10.2. The van der Waals surface area contributed by atoms with E-state index < -0.39 is 31.0 Å². The van der Waals surface area contributed by atoms with Crippen molar-refractivity contribution in [3.05, 3.63) is 47.0 Å². The summed E-state index contributed by atoms with van der Waals surface area (Å²) in [5, 5.41) is 8.97. The molecule has 174 valence electrons. The fourth-order valence-corrected chi connectivity index (χ4v) is 4.25. The topological polar surface area (TPSA) is 198 Å². The van der Waals surface area contributed by atoms with E-state index >= 15 is 0 Å². The zero-order chi connectivity index (χ0) is 24.6. The molecule has 3 rings (SSSR count). The zero-order valence-corrected chi connectivity index (χ0v) is 19.3. The molecule has 0 bridgehead atoms. The van der Waals surface area contributed by atoms with Crippen LogP contribution < -0.4 is 16.8 Å². The smallest absolute Gasteiger partial charge is 0.258 e. The van der Waals surface area contributed by atoms with Crippen LogP contribution in [0.25, 0.3) is 0 Å². The van der Waals surface area contributed by atoms with Gasteiger partial charge in [0.2, 0.25) is 0 Å². The Hall–Kier alpha value is -3.01. The molecule has 2 aromatic carbocycles. The maximum absolute atomic E-state index is 12.9. The molecule has 0 aliphatic carbocycles. The Kier molecular flexibility index (Phi) is 6.78. The summed E-state index contributed by atoms with van der Waals surface area (Å²) in [7, 11) is -8.58. The van der Waals surface area contributed by atoms with E-state index in [1.165, 1.54) is 37.3 Å². The van der Waals surface area contributed by atoms with Crippen LogP contribution in [-0.4, -0.2) is 39.0 Å². The van der Waals surface area contributed by atoms with E-state index in [0.29, 0.717) is 5.56 Å². The summed E-state index contributed by atoms with van der Waals surface area (Å²) in [5.41, 5.74) is 0.171. The summed E-state index contributed by atoms with van der Waals surface area (Å²) in [4.78, 5) is 16.0. The molecule has 0 spiro atoms. The summed E-state index contributed by atoms with van der Waals surface area (Å²) >= 11 is 6.06. The van der Waals surface area contributed by atoms with Gasteiger partial charge in [0.05, 0.1) is 15.4 Å². The number of nitrogens with zero attached hydrogens (tertiary/aromatic N) is 4. The van der Waals surface area contributed by atoms with Gasteiger partial charge in [-0.2, -0.15) is 47.3 Å².